The van der Waals surface area contributed by atoms with Crippen molar-refractivity contribution in [2.75, 3.05) is 18.9 Å². The van der Waals surface area contributed by atoms with Gasteiger partial charge in [-0.1, -0.05) is 11.6 Å². The number of amides is 2. The highest BCUT2D eigenvalue weighted by molar-refractivity contribution is 6.33. The van der Waals surface area contributed by atoms with Crippen LogP contribution in [0.3, 0.4) is 0 Å². The molecule has 4 N–H and O–H groups in total. The zero-order valence-electron chi connectivity index (χ0n) is 8.58. The molecule has 0 aliphatic heterocycles. The van der Waals surface area contributed by atoms with Gasteiger partial charge in [-0.25, -0.2) is 4.98 Å². The largest absolute Gasteiger partial charge is 0.372 e. The lowest BCUT2D eigenvalue weighted by Crippen LogP contribution is -2.33. The third kappa shape index (κ3) is 3.09. The van der Waals surface area contributed by atoms with Crippen LogP contribution in [-0.2, 0) is 4.79 Å². The van der Waals surface area contributed by atoms with Gasteiger partial charge in [-0.15, -0.1) is 0 Å². The van der Waals surface area contributed by atoms with E-state index in [1.807, 2.05) is 0 Å². The normalized spacial score (nSPS) is 9.62. The van der Waals surface area contributed by atoms with Crippen molar-refractivity contribution < 1.29 is 9.59 Å². The molecule has 2 amide bonds. The Morgan fingerprint density at radius 3 is 2.75 bits per heavy atom. The van der Waals surface area contributed by atoms with E-state index in [9.17, 15) is 9.59 Å². The monoisotopic (exact) mass is 242 g/mol. The van der Waals surface area contributed by atoms with Crippen molar-refractivity contribution in [3.05, 3.63) is 22.8 Å². The molecule has 0 radical (unpaired) electrons. The van der Waals surface area contributed by atoms with E-state index < -0.39 is 11.8 Å². The molecule has 0 aliphatic carbocycles. The minimum Gasteiger partial charge on any atom is -0.372 e. The molecule has 0 spiro atoms. The van der Waals surface area contributed by atoms with E-state index in [1.54, 1.807) is 7.05 Å². The average Bonchev–Trinajstić information content (AvgIpc) is 2.25. The number of nitrogens with zero attached hydrogens (tertiary/aromatic N) is 1. The van der Waals surface area contributed by atoms with Gasteiger partial charge < -0.3 is 16.4 Å². The van der Waals surface area contributed by atoms with E-state index in [4.69, 9.17) is 17.3 Å². The van der Waals surface area contributed by atoms with Crippen LogP contribution in [0, 0.1) is 0 Å². The molecule has 0 fully saturated rings. The SMILES string of the molecule is CNc1ncc(C(=O)NCC(N)=O)cc1Cl. The zero-order valence-corrected chi connectivity index (χ0v) is 9.34. The lowest BCUT2D eigenvalue weighted by molar-refractivity contribution is -0.117. The Labute approximate surface area is 97.2 Å². The number of hydrogen-bond acceptors (Lipinski definition) is 4. The number of aromatic nitrogens is 1. The van der Waals surface area contributed by atoms with Crippen LogP contribution in [0.4, 0.5) is 5.82 Å². The number of nitrogens with two attached hydrogens (primary N) is 1. The maximum Gasteiger partial charge on any atom is 0.253 e. The quantitative estimate of drug-likeness (QED) is 0.692. The third-order valence-electron chi connectivity index (χ3n) is 1.76. The minimum atomic E-state index is -0.612. The third-order valence-corrected chi connectivity index (χ3v) is 2.05. The highest BCUT2D eigenvalue weighted by Crippen LogP contribution is 2.19. The van der Waals surface area contributed by atoms with Crippen molar-refractivity contribution in [3.63, 3.8) is 0 Å². The molecule has 1 aromatic rings. The Hall–Kier alpha value is -1.82. The minimum absolute atomic E-state index is 0.218. The molecule has 0 atom stereocenters. The first-order valence-electron chi connectivity index (χ1n) is 4.44. The molecule has 0 bridgehead atoms. The summed E-state index contributed by atoms with van der Waals surface area (Å²) >= 11 is 5.84. The maximum absolute atomic E-state index is 11.5. The lowest BCUT2D eigenvalue weighted by Gasteiger charge is -2.05. The van der Waals surface area contributed by atoms with Crippen molar-refractivity contribution >= 4 is 29.2 Å². The second-order valence-electron chi connectivity index (χ2n) is 2.95. The predicted molar refractivity (Wildman–Crippen MR) is 60.3 cm³/mol. The van der Waals surface area contributed by atoms with Gasteiger partial charge in [0.2, 0.25) is 5.91 Å². The van der Waals surface area contributed by atoms with E-state index in [2.05, 4.69) is 15.6 Å². The first-order chi connectivity index (χ1) is 7.54. The van der Waals surface area contributed by atoms with Crippen LogP contribution in [0.2, 0.25) is 5.02 Å². The Morgan fingerprint density at radius 2 is 2.25 bits per heavy atom. The molecule has 0 unspecified atom stereocenters. The van der Waals surface area contributed by atoms with Crippen LogP contribution in [0.1, 0.15) is 10.4 Å². The molecular formula is C9H11ClN4O2. The summed E-state index contributed by atoms with van der Waals surface area (Å²) in [5.41, 5.74) is 5.16. The molecule has 1 heterocycles. The summed E-state index contributed by atoms with van der Waals surface area (Å²) < 4.78 is 0. The van der Waals surface area contributed by atoms with Crippen molar-refractivity contribution in [1.82, 2.24) is 10.3 Å². The molecule has 0 saturated carbocycles. The molecule has 1 rings (SSSR count). The summed E-state index contributed by atoms with van der Waals surface area (Å²) in [5, 5.41) is 5.42. The number of anilines is 1. The van der Waals surface area contributed by atoms with Crippen LogP contribution in [0.25, 0.3) is 0 Å². The molecule has 16 heavy (non-hydrogen) atoms. The molecule has 0 aliphatic rings. The van der Waals surface area contributed by atoms with E-state index in [-0.39, 0.29) is 12.1 Å². The number of halogens is 1. The van der Waals surface area contributed by atoms with Crippen molar-refractivity contribution in [2.24, 2.45) is 5.73 Å². The molecule has 7 heteroatoms. The van der Waals surface area contributed by atoms with Crippen LogP contribution in [0.15, 0.2) is 12.3 Å². The van der Waals surface area contributed by atoms with Gasteiger partial charge in [-0.2, -0.15) is 0 Å². The van der Waals surface area contributed by atoms with E-state index in [0.29, 0.717) is 10.8 Å². The van der Waals surface area contributed by atoms with E-state index in [1.165, 1.54) is 12.3 Å². The Kier molecular flexibility index (Phi) is 4.07. The zero-order chi connectivity index (χ0) is 12.1. The predicted octanol–water partition coefficient (Wildman–Crippen LogP) is -0.00820. The fraction of sp³-hybridized carbons (Fsp3) is 0.222. The van der Waals surface area contributed by atoms with Gasteiger partial charge in [-0.3, -0.25) is 9.59 Å². The van der Waals surface area contributed by atoms with Crippen LogP contribution >= 0.6 is 11.6 Å². The summed E-state index contributed by atoms with van der Waals surface area (Å²) in [4.78, 5) is 25.8. The number of carbonyl (C=O) groups excluding carboxylic acids is 2. The van der Waals surface area contributed by atoms with Crippen LogP contribution < -0.4 is 16.4 Å². The summed E-state index contributed by atoms with van der Waals surface area (Å²) in [7, 11) is 1.67. The van der Waals surface area contributed by atoms with Gasteiger partial charge in [0.25, 0.3) is 5.91 Å². The van der Waals surface area contributed by atoms with Gasteiger partial charge in [-0.05, 0) is 6.07 Å². The second-order valence-corrected chi connectivity index (χ2v) is 3.36. The van der Waals surface area contributed by atoms with Gasteiger partial charge in [0, 0.05) is 13.2 Å². The number of pyridine rings is 1. The topological polar surface area (TPSA) is 97.1 Å². The van der Waals surface area contributed by atoms with Gasteiger partial charge >= 0.3 is 0 Å². The fourth-order valence-corrected chi connectivity index (χ4v) is 1.28. The molecule has 6 nitrogen and oxygen atoms in total. The van der Waals surface area contributed by atoms with Gasteiger partial charge in [0.15, 0.2) is 0 Å². The lowest BCUT2D eigenvalue weighted by atomic mass is 10.2. The molecule has 1 aromatic heterocycles. The van der Waals surface area contributed by atoms with Gasteiger partial charge in [0.1, 0.15) is 5.82 Å². The number of carbonyl (C=O) groups is 2. The highest BCUT2D eigenvalue weighted by atomic mass is 35.5. The Morgan fingerprint density at radius 1 is 1.56 bits per heavy atom. The number of rotatable bonds is 4. The molecular weight excluding hydrogens is 232 g/mol. The molecule has 0 aromatic carbocycles. The van der Waals surface area contributed by atoms with Crippen molar-refractivity contribution in [2.45, 2.75) is 0 Å². The number of nitrogens with one attached hydrogen (secondary N) is 2. The number of primary amides is 1. The van der Waals surface area contributed by atoms with Crippen molar-refractivity contribution in [3.8, 4) is 0 Å². The second kappa shape index (κ2) is 5.32. The molecule has 86 valence electrons. The van der Waals surface area contributed by atoms with Crippen LogP contribution in [-0.4, -0.2) is 30.4 Å². The Balaban J connectivity index is 2.77. The summed E-state index contributed by atoms with van der Waals surface area (Å²) in [6.07, 6.45) is 1.36. The summed E-state index contributed by atoms with van der Waals surface area (Å²) in [5.74, 6) is -0.580. The van der Waals surface area contributed by atoms with Gasteiger partial charge in [0.05, 0.1) is 17.1 Å². The maximum atomic E-state index is 11.5. The standard InChI is InChI=1S/C9H11ClN4O2/c1-12-8-6(10)2-5(3-13-8)9(16)14-4-7(11)15/h2-3H,4H2,1H3,(H2,11,15)(H,12,13)(H,14,16). The van der Waals surface area contributed by atoms with Crippen LogP contribution in [0.5, 0.6) is 0 Å². The van der Waals surface area contributed by atoms with E-state index >= 15 is 0 Å². The molecule has 0 saturated heterocycles. The summed E-state index contributed by atoms with van der Waals surface area (Å²) in [6.45, 7) is -0.218. The summed E-state index contributed by atoms with van der Waals surface area (Å²) in [6, 6.07) is 1.46. The fourth-order valence-electron chi connectivity index (χ4n) is 1.02. The van der Waals surface area contributed by atoms with Crippen molar-refractivity contribution in [1.29, 1.82) is 0 Å². The first kappa shape index (κ1) is 12.3. The first-order valence-corrected chi connectivity index (χ1v) is 4.82. The average molecular weight is 243 g/mol. The smallest absolute Gasteiger partial charge is 0.253 e. The van der Waals surface area contributed by atoms with E-state index in [0.717, 1.165) is 0 Å². The highest BCUT2D eigenvalue weighted by Gasteiger charge is 2.09. The number of hydrogen-bond donors (Lipinski definition) is 3. The Bertz CT molecular complexity index is 422.